The zero-order valence-corrected chi connectivity index (χ0v) is 11.8. The summed E-state index contributed by atoms with van der Waals surface area (Å²) < 4.78 is 24.6. The Morgan fingerprint density at radius 3 is 2.95 bits per heavy atom. The van der Waals surface area contributed by atoms with Gasteiger partial charge in [0.25, 0.3) is 0 Å². The standard InChI is InChI=1S/C17H17FO3/c1-2-20-13-5-3-4-11(8-13)17-10-15(19)14-9-12(18)6-7-16(14)21-17/h3-9,15,17,19H,2,10H2,1H3/t15-,17?/m0/s1. The van der Waals surface area contributed by atoms with Crippen LogP contribution in [0.4, 0.5) is 4.39 Å². The summed E-state index contributed by atoms with van der Waals surface area (Å²) in [6.45, 7) is 2.53. The highest BCUT2D eigenvalue weighted by Gasteiger charge is 2.28. The first kappa shape index (κ1) is 13.9. The van der Waals surface area contributed by atoms with Crippen LogP contribution in [0.15, 0.2) is 42.5 Å². The second-order valence-corrected chi connectivity index (χ2v) is 5.05. The lowest BCUT2D eigenvalue weighted by Gasteiger charge is -2.30. The van der Waals surface area contributed by atoms with Crippen molar-refractivity contribution in [3.63, 3.8) is 0 Å². The smallest absolute Gasteiger partial charge is 0.127 e. The number of hydrogen-bond acceptors (Lipinski definition) is 3. The predicted molar refractivity (Wildman–Crippen MR) is 77.0 cm³/mol. The Kier molecular flexibility index (Phi) is 3.80. The molecule has 2 aromatic rings. The third-order valence-corrected chi connectivity index (χ3v) is 3.58. The third kappa shape index (κ3) is 2.85. The van der Waals surface area contributed by atoms with E-state index in [4.69, 9.17) is 9.47 Å². The summed E-state index contributed by atoms with van der Waals surface area (Å²) >= 11 is 0. The normalized spacial score (nSPS) is 20.5. The minimum Gasteiger partial charge on any atom is -0.494 e. The molecular formula is C17H17FO3. The molecule has 2 aromatic carbocycles. The number of rotatable bonds is 3. The average molecular weight is 288 g/mol. The van der Waals surface area contributed by atoms with Crippen molar-refractivity contribution in [2.75, 3.05) is 6.61 Å². The van der Waals surface area contributed by atoms with Gasteiger partial charge in [-0.15, -0.1) is 0 Å². The molecule has 0 amide bonds. The molecule has 1 aliphatic rings. The Labute approximate surface area is 122 Å². The van der Waals surface area contributed by atoms with Crippen molar-refractivity contribution in [3.05, 3.63) is 59.4 Å². The molecule has 2 atom stereocenters. The minimum atomic E-state index is -0.731. The van der Waals surface area contributed by atoms with Gasteiger partial charge in [-0.05, 0) is 42.8 Å². The van der Waals surface area contributed by atoms with Crippen LogP contribution in [0.25, 0.3) is 0 Å². The molecular weight excluding hydrogens is 271 g/mol. The van der Waals surface area contributed by atoms with Gasteiger partial charge in [-0.25, -0.2) is 4.39 Å². The van der Waals surface area contributed by atoms with Gasteiger partial charge in [0.2, 0.25) is 0 Å². The van der Waals surface area contributed by atoms with E-state index in [1.165, 1.54) is 12.1 Å². The molecule has 0 saturated carbocycles. The van der Waals surface area contributed by atoms with Crippen LogP contribution < -0.4 is 9.47 Å². The van der Waals surface area contributed by atoms with Crippen LogP contribution in [0.2, 0.25) is 0 Å². The maximum Gasteiger partial charge on any atom is 0.127 e. The highest BCUT2D eigenvalue weighted by molar-refractivity contribution is 5.39. The van der Waals surface area contributed by atoms with Crippen LogP contribution >= 0.6 is 0 Å². The van der Waals surface area contributed by atoms with E-state index in [9.17, 15) is 9.50 Å². The van der Waals surface area contributed by atoms with Gasteiger partial charge in [0.15, 0.2) is 0 Å². The van der Waals surface area contributed by atoms with Crippen LogP contribution in [-0.4, -0.2) is 11.7 Å². The lowest BCUT2D eigenvalue weighted by molar-refractivity contribution is 0.0652. The summed E-state index contributed by atoms with van der Waals surface area (Å²) in [6, 6.07) is 11.9. The molecule has 1 N–H and O–H groups in total. The van der Waals surface area contributed by atoms with Crippen molar-refractivity contribution in [2.24, 2.45) is 0 Å². The van der Waals surface area contributed by atoms with E-state index in [2.05, 4.69) is 0 Å². The van der Waals surface area contributed by atoms with Crippen LogP contribution in [0.1, 0.15) is 36.7 Å². The highest BCUT2D eigenvalue weighted by atomic mass is 19.1. The summed E-state index contributed by atoms with van der Waals surface area (Å²) in [5, 5.41) is 10.2. The van der Waals surface area contributed by atoms with Crippen LogP contribution in [0.3, 0.4) is 0 Å². The van der Waals surface area contributed by atoms with E-state index in [1.807, 2.05) is 31.2 Å². The van der Waals surface area contributed by atoms with E-state index >= 15 is 0 Å². The quantitative estimate of drug-likeness (QED) is 0.934. The molecule has 21 heavy (non-hydrogen) atoms. The average Bonchev–Trinajstić information content (AvgIpc) is 2.48. The van der Waals surface area contributed by atoms with Crippen LogP contribution in [-0.2, 0) is 0 Å². The van der Waals surface area contributed by atoms with Gasteiger partial charge in [0.05, 0.1) is 12.7 Å². The Hall–Kier alpha value is -2.07. The summed E-state index contributed by atoms with van der Waals surface area (Å²) in [7, 11) is 0. The number of aliphatic hydroxyl groups is 1. The molecule has 1 aliphatic heterocycles. The molecule has 4 heteroatoms. The summed E-state index contributed by atoms with van der Waals surface area (Å²) in [5.74, 6) is 0.938. The highest BCUT2D eigenvalue weighted by Crippen LogP contribution is 2.41. The van der Waals surface area contributed by atoms with E-state index in [0.29, 0.717) is 24.3 Å². The largest absolute Gasteiger partial charge is 0.494 e. The third-order valence-electron chi connectivity index (χ3n) is 3.58. The number of aliphatic hydroxyl groups excluding tert-OH is 1. The lowest BCUT2D eigenvalue weighted by atomic mass is 9.95. The summed E-state index contributed by atoms with van der Waals surface area (Å²) in [4.78, 5) is 0. The fraction of sp³-hybridized carbons (Fsp3) is 0.294. The first-order valence-corrected chi connectivity index (χ1v) is 7.04. The van der Waals surface area contributed by atoms with E-state index in [-0.39, 0.29) is 11.9 Å². The van der Waals surface area contributed by atoms with Crippen molar-refractivity contribution in [2.45, 2.75) is 25.6 Å². The molecule has 1 unspecified atom stereocenters. The maximum absolute atomic E-state index is 13.2. The Morgan fingerprint density at radius 1 is 1.29 bits per heavy atom. The first-order valence-electron chi connectivity index (χ1n) is 7.04. The van der Waals surface area contributed by atoms with Crippen LogP contribution in [0, 0.1) is 5.82 Å². The zero-order chi connectivity index (χ0) is 14.8. The lowest BCUT2D eigenvalue weighted by Crippen LogP contribution is -2.19. The summed E-state index contributed by atoms with van der Waals surface area (Å²) in [6.07, 6.45) is -0.602. The molecule has 0 aliphatic carbocycles. The fourth-order valence-corrected chi connectivity index (χ4v) is 2.59. The van der Waals surface area contributed by atoms with Crippen LogP contribution in [0.5, 0.6) is 11.5 Å². The molecule has 0 bridgehead atoms. The van der Waals surface area contributed by atoms with Crippen molar-refractivity contribution >= 4 is 0 Å². The van der Waals surface area contributed by atoms with E-state index < -0.39 is 6.10 Å². The molecule has 0 saturated heterocycles. The van der Waals surface area contributed by atoms with Crippen molar-refractivity contribution in [1.82, 2.24) is 0 Å². The molecule has 3 rings (SSSR count). The van der Waals surface area contributed by atoms with Crippen molar-refractivity contribution < 1.29 is 19.0 Å². The molecule has 0 spiro atoms. The number of benzene rings is 2. The Bertz CT molecular complexity index is 642. The molecule has 0 aromatic heterocycles. The number of hydrogen-bond donors (Lipinski definition) is 1. The van der Waals surface area contributed by atoms with Gasteiger partial charge in [-0.2, -0.15) is 0 Å². The summed E-state index contributed by atoms with van der Waals surface area (Å²) in [5.41, 5.74) is 1.45. The minimum absolute atomic E-state index is 0.265. The van der Waals surface area contributed by atoms with Gasteiger partial charge < -0.3 is 14.6 Å². The monoisotopic (exact) mass is 288 g/mol. The molecule has 3 nitrogen and oxygen atoms in total. The maximum atomic E-state index is 13.2. The van der Waals surface area contributed by atoms with Crippen molar-refractivity contribution in [3.8, 4) is 11.5 Å². The second-order valence-electron chi connectivity index (χ2n) is 5.05. The number of ether oxygens (including phenoxy) is 2. The van der Waals surface area contributed by atoms with Gasteiger partial charge in [0.1, 0.15) is 23.4 Å². The number of fused-ring (bicyclic) bond motifs is 1. The Balaban J connectivity index is 1.88. The predicted octanol–water partition coefficient (Wildman–Crippen LogP) is 3.78. The SMILES string of the molecule is CCOc1cccc(C2C[C@H](O)c3cc(F)ccc3O2)c1. The zero-order valence-electron chi connectivity index (χ0n) is 11.8. The van der Waals surface area contributed by atoms with E-state index in [1.54, 1.807) is 6.07 Å². The molecule has 0 radical (unpaired) electrons. The topological polar surface area (TPSA) is 38.7 Å². The fourth-order valence-electron chi connectivity index (χ4n) is 2.59. The molecule has 110 valence electrons. The first-order chi connectivity index (χ1) is 10.2. The van der Waals surface area contributed by atoms with Gasteiger partial charge in [-0.3, -0.25) is 0 Å². The second kappa shape index (κ2) is 5.74. The van der Waals surface area contributed by atoms with Crippen molar-refractivity contribution in [1.29, 1.82) is 0 Å². The molecule has 0 fully saturated rings. The van der Waals surface area contributed by atoms with E-state index in [0.717, 1.165) is 11.3 Å². The van der Waals surface area contributed by atoms with Gasteiger partial charge in [-0.1, -0.05) is 12.1 Å². The Morgan fingerprint density at radius 2 is 2.14 bits per heavy atom. The van der Waals surface area contributed by atoms with Gasteiger partial charge in [0, 0.05) is 12.0 Å². The molecule has 1 heterocycles. The van der Waals surface area contributed by atoms with Gasteiger partial charge >= 0.3 is 0 Å². The number of halogens is 1.